The van der Waals surface area contributed by atoms with Crippen LogP contribution in [0.1, 0.15) is 29.2 Å². The molecule has 6 nitrogen and oxygen atoms in total. The summed E-state index contributed by atoms with van der Waals surface area (Å²) in [6, 6.07) is 13.2. The molecule has 1 saturated heterocycles. The fraction of sp³-hybridized carbons (Fsp3) is 0.435. The zero-order chi connectivity index (χ0) is 21.2. The molecule has 0 amide bonds. The molecule has 0 aliphatic carbocycles. The summed E-state index contributed by atoms with van der Waals surface area (Å²) < 4.78 is 19.0. The van der Waals surface area contributed by atoms with Crippen LogP contribution in [0.2, 0.25) is 0 Å². The summed E-state index contributed by atoms with van der Waals surface area (Å²) in [6.07, 6.45) is 0. The highest BCUT2D eigenvalue weighted by molar-refractivity contribution is 5.79. The first-order chi connectivity index (χ1) is 14.7. The van der Waals surface area contributed by atoms with Crippen LogP contribution in [0, 0.1) is 5.82 Å². The monoisotopic (exact) mass is 414 g/mol. The number of nitrogens with zero attached hydrogens (tertiary/aromatic N) is 2. The number of aliphatic imine (C=N–C) groups is 1. The molecule has 2 aromatic carbocycles. The van der Waals surface area contributed by atoms with Crippen LogP contribution < -0.4 is 10.6 Å². The second-order valence-corrected chi connectivity index (χ2v) is 7.29. The van der Waals surface area contributed by atoms with Gasteiger partial charge in [-0.05, 0) is 35.7 Å². The highest BCUT2D eigenvalue weighted by Crippen LogP contribution is 2.14. The molecule has 3 rings (SSSR count). The molecule has 162 valence electrons. The number of benzene rings is 2. The van der Waals surface area contributed by atoms with Crippen molar-refractivity contribution in [3.05, 3.63) is 70.5 Å². The van der Waals surface area contributed by atoms with E-state index in [0.29, 0.717) is 19.0 Å². The zero-order valence-electron chi connectivity index (χ0n) is 17.5. The van der Waals surface area contributed by atoms with Gasteiger partial charge in [0.05, 0.1) is 26.4 Å². The molecule has 0 spiro atoms. The number of nitrogens with one attached hydrogen (secondary N) is 2. The Bertz CT molecular complexity index is 838. The molecule has 2 aromatic rings. The standard InChI is InChI=1S/C23H31FN4O2/c1-2-25-23(26-14-18-7-8-22(24)21(13-18)17-29)27-15-19-5-3-4-6-20(19)16-28-9-11-30-12-10-28/h3-8,13,29H,2,9-12,14-17H2,1H3,(H2,25,26,27). The number of morpholine rings is 1. The minimum Gasteiger partial charge on any atom is -0.392 e. The molecular formula is C23H31FN4O2. The molecule has 30 heavy (non-hydrogen) atoms. The molecule has 1 aliphatic rings. The van der Waals surface area contributed by atoms with Gasteiger partial charge in [-0.15, -0.1) is 0 Å². The van der Waals surface area contributed by atoms with Gasteiger partial charge >= 0.3 is 0 Å². The van der Waals surface area contributed by atoms with Gasteiger partial charge in [0, 0.05) is 38.3 Å². The van der Waals surface area contributed by atoms with Crippen LogP contribution >= 0.6 is 0 Å². The predicted octanol–water partition coefficient (Wildman–Crippen LogP) is 2.41. The van der Waals surface area contributed by atoms with E-state index in [1.54, 1.807) is 12.1 Å². The van der Waals surface area contributed by atoms with E-state index in [4.69, 9.17) is 4.74 Å². The largest absolute Gasteiger partial charge is 0.392 e. The third kappa shape index (κ3) is 6.52. The van der Waals surface area contributed by atoms with E-state index in [-0.39, 0.29) is 12.2 Å². The summed E-state index contributed by atoms with van der Waals surface area (Å²) in [4.78, 5) is 7.02. The minimum absolute atomic E-state index is 0.290. The smallest absolute Gasteiger partial charge is 0.191 e. The van der Waals surface area contributed by atoms with Crippen molar-refractivity contribution in [2.45, 2.75) is 33.2 Å². The van der Waals surface area contributed by atoms with E-state index in [0.717, 1.165) is 45.0 Å². The molecule has 0 bridgehead atoms. The number of aliphatic hydroxyl groups is 1. The lowest BCUT2D eigenvalue weighted by atomic mass is 10.1. The number of halogens is 1. The van der Waals surface area contributed by atoms with E-state index in [1.165, 1.54) is 17.2 Å². The van der Waals surface area contributed by atoms with Crippen LogP contribution in [0.4, 0.5) is 4.39 Å². The molecule has 1 heterocycles. The average molecular weight is 415 g/mol. The topological polar surface area (TPSA) is 69.1 Å². The Labute approximate surface area is 177 Å². The van der Waals surface area contributed by atoms with Gasteiger partial charge in [-0.2, -0.15) is 0 Å². The molecule has 0 saturated carbocycles. The zero-order valence-corrected chi connectivity index (χ0v) is 17.5. The number of guanidine groups is 1. The number of rotatable bonds is 8. The van der Waals surface area contributed by atoms with Gasteiger partial charge in [0.15, 0.2) is 5.96 Å². The van der Waals surface area contributed by atoms with Crippen molar-refractivity contribution in [3.8, 4) is 0 Å². The normalized spacial score (nSPS) is 15.2. The predicted molar refractivity (Wildman–Crippen MR) is 117 cm³/mol. The van der Waals surface area contributed by atoms with Crippen molar-refractivity contribution in [1.29, 1.82) is 0 Å². The third-order valence-corrected chi connectivity index (χ3v) is 5.11. The van der Waals surface area contributed by atoms with Crippen LogP contribution in [0.15, 0.2) is 47.5 Å². The SMILES string of the molecule is CCNC(=NCc1ccc(F)c(CO)c1)NCc1ccccc1CN1CCOCC1. The molecule has 0 radical (unpaired) electrons. The van der Waals surface area contributed by atoms with E-state index in [9.17, 15) is 9.50 Å². The Kier molecular flexibility index (Phi) is 8.62. The summed E-state index contributed by atoms with van der Waals surface area (Å²) in [6.45, 7) is 7.92. The second-order valence-electron chi connectivity index (χ2n) is 7.29. The molecule has 0 unspecified atom stereocenters. The summed E-state index contributed by atoms with van der Waals surface area (Å²) in [5.74, 6) is 0.306. The molecule has 3 N–H and O–H groups in total. The summed E-state index contributed by atoms with van der Waals surface area (Å²) in [5, 5.41) is 15.9. The minimum atomic E-state index is -0.396. The Morgan fingerprint density at radius 1 is 1.10 bits per heavy atom. The first-order valence-electron chi connectivity index (χ1n) is 10.5. The number of aliphatic hydroxyl groups excluding tert-OH is 1. The maximum Gasteiger partial charge on any atom is 0.191 e. The summed E-state index contributed by atoms with van der Waals surface area (Å²) >= 11 is 0. The fourth-order valence-corrected chi connectivity index (χ4v) is 3.42. The van der Waals surface area contributed by atoms with Gasteiger partial charge in [0.2, 0.25) is 0 Å². The van der Waals surface area contributed by atoms with Crippen LogP contribution in [0.5, 0.6) is 0 Å². The highest BCUT2D eigenvalue weighted by Gasteiger charge is 2.13. The molecule has 0 atom stereocenters. The average Bonchev–Trinajstić information content (AvgIpc) is 2.78. The second kappa shape index (κ2) is 11.6. The maximum absolute atomic E-state index is 13.6. The summed E-state index contributed by atoms with van der Waals surface area (Å²) in [7, 11) is 0. The lowest BCUT2D eigenvalue weighted by Gasteiger charge is -2.27. The number of ether oxygens (including phenoxy) is 1. The Balaban J connectivity index is 1.63. The van der Waals surface area contributed by atoms with Crippen molar-refractivity contribution in [1.82, 2.24) is 15.5 Å². The van der Waals surface area contributed by atoms with E-state index < -0.39 is 5.82 Å². The van der Waals surface area contributed by atoms with Gasteiger partial charge in [0.1, 0.15) is 5.82 Å². The Morgan fingerprint density at radius 2 is 1.87 bits per heavy atom. The van der Waals surface area contributed by atoms with Crippen molar-refractivity contribution in [2.75, 3.05) is 32.8 Å². The maximum atomic E-state index is 13.6. The lowest BCUT2D eigenvalue weighted by Crippen LogP contribution is -2.38. The highest BCUT2D eigenvalue weighted by atomic mass is 19.1. The van der Waals surface area contributed by atoms with Crippen molar-refractivity contribution in [2.24, 2.45) is 4.99 Å². The van der Waals surface area contributed by atoms with Gasteiger partial charge < -0.3 is 20.5 Å². The molecule has 1 aliphatic heterocycles. The van der Waals surface area contributed by atoms with E-state index in [1.807, 2.05) is 6.92 Å². The number of hydrogen-bond donors (Lipinski definition) is 3. The van der Waals surface area contributed by atoms with Crippen LogP contribution in [-0.2, 0) is 31.0 Å². The van der Waals surface area contributed by atoms with Gasteiger partial charge in [-0.25, -0.2) is 9.38 Å². The van der Waals surface area contributed by atoms with Crippen LogP contribution in [-0.4, -0.2) is 48.8 Å². The van der Waals surface area contributed by atoms with Crippen molar-refractivity contribution >= 4 is 5.96 Å². The third-order valence-electron chi connectivity index (χ3n) is 5.11. The van der Waals surface area contributed by atoms with Gasteiger partial charge in [-0.1, -0.05) is 30.3 Å². The Hall–Kier alpha value is -2.48. The lowest BCUT2D eigenvalue weighted by molar-refractivity contribution is 0.0341. The molecule has 1 fully saturated rings. The molecule has 0 aromatic heterocycles. The summed E-state index contributed by atoms with van der Waals surface area (Å²) in [5.41, 5.74) is 3.68. The number of hydrogen-bond acceptors (Lipinski definition) is 4. The van der Waals surface area contributed by atoms with Crippen molar-refractivity contribution < 1.29 is 14.2 Å². The quantitative estimate of drug-likeness (QED) is 0.457. The molecular weight excluding hydrogens is 383 g/mol. The fourth-order valence-electron chi connectivity index (χ4n) is 3.42. The van der Waals surface area contributed by atoms with Crippen LogP contribution in [0.3, 0.4) is 0 Å². The van der Waals surface area contributed by atoms with E-state index >= 15 is 0 Å². The first kappa shape index (κ1) is 22.2. The first-order valence-corrected chi connectivity index (χ1v) is 10.5. The van der Waals surface area contributed by atoms with Gasteiger partial charge in [-0.3, -0.25) is 4.90 Å². The van der Waals surface area contributed by atoms with Crippen LogP contribution in [0.25, 0.3) is 0 Å². The Morgan fingerprint density at radius 3 is 2.60 bits per heavy atom. The van der Waals surface area contributed by atoms with Crippen molar-refractivity contribution in [3.63, 3.8) is 0 Å². The van der Waals surface area contributed by atoms with Gasteiger partial charge in [0.25, 0.3) is 0 Å². The molecule has 7 heteroatoms. The van der Waals surface area contributed by atoms with E-state index in [2.05, 4.69) is 44.8 Å².